The van der Waals surface area contributed by atoms with Crippen LogP contribution in [0, 0.1) is 0 Å². The van der Waals surface area contributed by atoms with Crippen molar-refractivity contribution in [2.45, 2.75) is 13.3 Å². The SMILES string of the molecule is CC(=O)Cc1c(Br)ccc2c1OCCO2. The zero-order valence-electron chi connectivity index (χ0n) is 8.38. The summed E-state index contributed by atoms with van der Waals surface area (Å²) in [5.41, 5.74) is 0.875. The fourth-order valence-corrected chi connectivity index (χ4v) is 2.02. The molecule has 80 valence electrons. The number of hydrogen-bond donors (Lipinski definition) is 0. The number of benzene rings is 1. The van der Waals surface area contributed by atoms with Crippen LogP contribution >= 0.6 is 15.9 Å². The number of hydrogen-bond acceptors (Lipinski definition) is 3. The highest BCUT2D eigenvalue weighted by Crippen LogP contribution is 2.38. The molecule has 0 bridgehead atoms. The Balaban J connectivity index is 2.45. The van der Waals surface area contributed by atoms with E-state index in [2.05, 4.69) is 15.9 Å². The Bertz CT molecular complexity index is 401. The van der Waals surface area contributed by atoms with Crippen LogP contribution in [0.3, 0.4) is 0 Å². The Morgan fingerprint density at radius 1 is 1.40 bits per heavy atom. The van der Waals surface area contributed by atoms with Crippen LogP contribution in [0.25, 0.3) is 0 Å². The minimum Gasteiger partial charge on any atom is -0.486 e. The molecule has 15 heavy (non-hydrogen) atoms. The van der Waals surface area contributed by atoms with Crippen molar-refractivity contribution in [1.82, 2.24) is 0 Å². The molecule has 0 N–H and O–H groups in total. The first-order valence-electron chi connectivity index (χ1n) is 4.75. The van der Waals surface area contributed by atoms with Gasteiger partial charge in [0.2, 0.25) is 0 Å². The molecule has 0 aliphatic carbocycles. The summed E-state index contributed by atoms with van der Waals surface area (Å²) in [6.07, 6.45) is 0.368. The first kappa shape index (κ1) is 10.5. The van der Waals surface area contributed by atoms with Crippen LogP contribution in [0.15, 0.2) is 16.6 Å². The van der Waals surface area contributed by atoms with Gasteiger partial charge in [0.05, 0.1) is 0 Å². The topological polar surface area (TPSA) is 35.5 Å². The van der Waals surface area contributed by atoms with Crippen LogP contribution in [0.5, 0.6) is 11.5 Å². The van der Waals surface area contributed by atoms with E-state index in [0.29, 0.717) is 25.4 Å². The van der Waals surface area contributed by atoms with Gasteiger partial charge >= 0.3 is 0 Å². The van der Waals surface area contributed by atoms with Gasteiger partial charge in [-0.25, -0.2) is 0 Å². The summed E-state index contributed by atoms with van der Waals surface area (Å²) in [4.78, 5) is 11.1. The normalized spacial score (nSPS) is 13.7. The van der Waals surface area contributed by atoms with Crippen LogP contribution in [-0.4, -0.2) is 19.0 Å². The Morgan fingerprint density at radius 2 is 2.13 bits per heavy atom. The van der Waals surface area contributed by atoms with Gasteiger partial charge in [-0.3, -0.25) is 4.79 Å². The van der Waals surface area contributed by atoms with E-state index in [0.717, 1.165) is 15.8 Å². The van der Waals surface area contributed by atoms with E-state index in [9.17, 15) is 4.79 Å². The van der Waals surface area contributed by atoms with Gasteiger partial charge in [0.15, 0.2) is 11.5 Å². The minimum atomic E-state index is 0.110. The van der Waals surface area contributed by atoms with E-state index in [1.54, 1.807) is 6.92 Å². The van der Waals surface area contributed by atoms with Crippen molar-refractivity contribution in [3.8, 4) is 11.5 Å². The van der Waals surface area contributed by atoms with Crippen molar-refractivity contribution in [3.63, 3.8) is 0 Å². The van der Waals surface area contributed by atoms with Crippen molar-refractivity contribution in [3.05, 3.63) is 22.2 Å². The predicted octanol–water partition coefficient (Wildman–Crippen LogP) is 2.35. The Kier molecular flexibility index (Phi) is 2.95. The molecule has 0 saturated carbocycles. The predicted molar refractivity (Wildman–Crippen MR) is 59.5 cm³/mol. The maximum absolute atomic E-state index is 11.1. The molecule has 1 heterocycles. The second-order valence-electron chi connectivity index (χ2n) is 3.43. The molecule has 0 radical (unpaired) electrons. The van der Waals surface area contributed by atoms with E-state index in [-0.39, 0.29) is 5.78 Å². The molecule has 1 aliphatic rings. The molecular weight excluding hydrogens is 260 g/mol. The first-order valence-corrected chi connectivity index (χ1v) is 5.54. The zero-order chi connectivity index (χ0) is 10.8. The molecule has 2 rings (SSSR count). The van der Waals surface area contributed by atoms with E-state index >= 15 is 0 Å². The van der Waals surface area contributed by atoms with Gasteiger partial charge in [0.25, 0.3) is 0 Å². The minimum absolute atomic E-state index is 0.110. The maximum Gasteiger partial charge on any atom is 0.166 e. The lowest BCUT2D eigenvalue weighted by Gasteiger charge is -2.21. The van der Waals surface area contributed by atoms with Gasteiger partial charge in [-0.15, -0.1) is 0 Å². The number of ketones is 1. The third kappa shape index (κ3) is 2.15. The second-order valence-corrected chi connectivity index (χ2v) is 4.28. The van der Waals surface area contributed by atoms with E-state index in [4.69, 9.17) is 9.47 Å². The van der Waals surface area contributed by atoms with Gasteiger partial charge in [-0.1, -0.05) is 15.9 Å². The fraction of sp³-hybridized carbons (Fsp3) is 0.364. The van der Waals surface area contributed by atoms with Crippen LogP contribution in [0.1, 0.15) is 12.5 Å². The lowest BCUT2D eigenvalue weighted by atomic mass is 10.1. The number of rotatable bonds is 2. The van der Waals surface area contributed by atoms with Gasteiger partial charge in [-0.05, 0) is 19.1 Å². The average molecular weight is 271 g/mol. The Morgan fingerprint density at radius 3 is 2.87 bits per heavy atom. The Labute approximate surface area is 96.5 Å². The fourth-order valence-electron chi connectivity index (χ4n) is 1.56. The van der Waals surface area contributed by atoms with Crippen molar-refractivity contribution in [2.75, 3.05) is 13.2 Å². The number of halogens is 1. The molecule has 1 aromatic carbocycles. The molecule has 0 unspecified atom stereocenters. The Hall–Kier alpha value is -1.03. The molecule has 0 fully saturated rings. The number of carbonyl (C=O) groups excluding carboxylic acids is 1. The highest BCUT2D eigenvalue weighted by molar-refractivity contribution is 9.10. The molecule has 1 aromatic rings. The molecule has 0 amide bonds. The van der Waals surface area contributed by atoms with Crippen LogP contribution in [0.2, 0.25) is 0 Å². The smallest absolute Gasteiger partial charge is 0.166 e. The number of ether oxygens (including phenoxy) is 2. The number of fused-ring (bicyclic) bond motifs is 1. The summed E-state index contributed by atoms with van der Waals surface area (Å²) in [6.45, 7) is 2.66. The summed E-state index contributed by atoms with van der Waals surface area (Å²) >= 11 is 3.42. The molecule has 3 nitrogen and oxygen atoms in total. The van der Waals surface area contributed by atoms with Crippen LogP contribution < -0.4 is 9.47 Å². The summed E-state index contributed by atoms with van der Waals surface area (Å²) < 4.78 is 11.9. The first-order chi connectivity index (χ1) is 7.18. The summed E-state index contributed by atoms with van der Waals surface area (Å²) in [6, 6.07) is 3.73. The lowest BCUT2D eigenvalue weighted by Crippen LogP contribution is -2.17. The van der Waals surface area contributed by atoms with Crippen molar-refractivity contribution < 1.29 is 14.3 Å². The van der Waals surface area contributed by atoms with Crippen molar-refractivity contribution in [1.29, 1.82) is 0 Å². The van der Waals surface area contributed by atoms with Gasteiger partial charge in [-0.2, -0.15) is 0 Å². The summed E-state index contributed by atoms with van der Waals surface area (Å²) in [5, 5.41) is 0. The monoisotopic (exact) mass is 270 g/mol. The maximum atomic E-state index is 11.1. The van der Waals surface area contributed by atoms with E-state index in [1.165, 1.54) is 0 Å². The van der Waals surface area contributed by atoms with Gasteiger partial charge in [0.1, 0.15) is 19.0 Å². The largest absolute Gasteiger partial charge is 0.486 e. The van der Waals surface area contributed by atoms with Crippen LogP contribution in [-0.2, 0) is 11.2 Å². The molecular formula is C11H11BrO3. The third-order valence-corrected chi connectivity index (χ3v) is 2.92. The number of Topliss-reactive ketones (excluding diaryl/α,β-unsaturated/α-hetero) is 1. The molecule has 1 aliphatic heterocycles. The quantitative estimate of drug-likeness (QED) is 0.828. The zero-order valence-corrected chi connectivity index (χ0v) is 9.96. The van der Waals surface area contributed by atoms with Crippen molar-refractivity contribution >= 4 is 21.7 Å². The molecule has 0 aromatic heterocycles. The second kappa shape index (κ2) is 4.23. The molecule has 0 saturated heterocycles. The van der Waals surface area contributed by atoms with E-state index in [1.807, 2.05) is 12.1 Å². The van der Waals surface area contributed by atoms with E-state index < -0.39 is 0 Å². The van der Waals surface area contributed by atoms with Crippen molar-refractivity contribution in [2.24, 2.45) is 0 Å². The van der Waals surface area contributed by atoms with Gasteiger partial charge in [0, 0.05) is 16.5 Å². The van der Waals surface area contributed by atoms with Gasteiger partial charge < -0.3 is 9.47 Å². The van der Waals surface area contributed by atoms with Crippen LogP contribution in [0.4, 0.5) is 0 Å². The lowest BCUT2D eigenvalue weighted by molar-refractivity contribution is -0.116. The highest BCUT2D eigenvalue weighted by atomic mass is 79.9. The third-order valence-electron chi connectivity index (χ3n) is 2.18. The molecule has 0 atom stereocenters. The molecule has 4 heteroatoms. The standard InChI is InChI=1S/C11H11BrO3/c1-7(13)6-8-9(12)2-3-10-11(8)15-5-4-14-10/h2-3H,4-6H2,1H3. The molecule has 0 spiro atoms. The summed E-state index contributed by atoms with van der Waals surface area (Å²) in [7, 11) is 0. The average Bonchev–Trinajstić information content (AvgIpc) is 2.22. The number of carbonyl (C=O) groups is 1. The highest BCUT2D eigenvalue weighted by Gasteiger charge is 2.19. The summed E-state index contributed by atoms with van der Waals surface area (Å²) in [5.74, 6) is 1.53.